The first kappa shape index (κ1) is 13.9. The topological polar surface area (TPSA) is 63.2 Å². The quantitative estimate of drug-likeness (QED) is 0.867. The highest BCUT2D eigenvalue weighted by atomic mass is 32.2. The van der Waals surface area contributed by atoms with Crippen LogP contribution in [0.2, 0.25) is 0 Å². The molecular weight excluding hydrogens is 286 g/mol. The number of rotatable bonds is 3. The van der Waals surface area contributed by atoms with Crippen molar-refractivity contribution in [2.75, 3.05) is 6.54 Å². The molecule has 0 saturated carbocycles. The molecule has 6 heteroatoms. The lowest BCUT2D eigenvalue weighted by Crippen LogP contribution is -2.34. The van der Waals surface area contributed by atoms with E-state index in [1.54, 1.807) is 18.5 Å². The van der Waals surface area contributed by atoms with E-state index in [1.807, 2.05) is 24.3 Å². The van der Waals surface area contributed by atoms with E-state index in [0.717, 1.165) is 12.0 Å². The van der Waals surface area contributed by atoms with Crippen LogP contribution in [0.5, 0.6) is 0 Å². The van der Waals surface area contributed by atoms with E-state index in [-0.39, 0.29) is 0 Å². The molecule has 0 spiro atoms. The molecule has 0 N–H and O–H groups in total. The summed E-state index contributed by atoms with van der Waals surface area (Å²) < 4.78 is 26.2. The molecule has 2 heterocycles. The number of hydrogen-bond donors (Lipinski definition) is 0. The third-order valence-electron chi connectivity index (χ3n) is 3.43. The van der Waals surface area contributed by atoms with E-state index >= 15 is 0 Å². The summed E-state index contributed by atoms with van der Waals surface area (Å²) in [5.74, 6) is 0.387. The summed E-state index contributed by atoms with van der Waals surface area (Å²) in [6.07, 6.45) is 5.33. The van der Waals surface area contributed by atoms with Crippen molar-refractivity contribution in [3.63, 3.8) is 0 Å². The summed E-state index contributed by atoms with van der Waals surface area (Å²) in [6.45, 7) is 0.915. The van der Waals surface area contributed by atoms with Crippen molar-refractivity contribution < 1.29 is 8.42 Å². The predicted octanol–water partition coefficient (Wildman–Crippen LogP) is 1.84. The molecule has 0 atom stereocenters. The normalized spacial score (nSPS) is 16.0. The summed E-state index contributed by atoms with van der Waals surface area (Å²) in [4.78, 5) is 7.96. The fraction of sp³-hybridized carbons (Fsp3) is 0.200. The molecule has 21 heavy (non-hydrogen) atoms. The second-order valence-corrected chi connectivity index (χ2v) is 6.63. The summed E-state index contributed by atoms with van der Waals surface area (Å²) in [5.41, 5.74) is 2.29. The Balaban J connectivity index is 1.79. The van der Waals surface area contributed by atoms with Gasteiger partial charge < -0.3 is 0 Å². The second kappa shape index (κ2) is 5.75. The summed E-state index contributed by atoms with van der Waals surface area (Å²) >= 11 is 0. The number of hydrogen-bond acceptors (Lipinski definition) is 4. The lowest BCUT2D eigenvalue weighted by Gasteiger charge is -2.26. The third-order valence-corrected chi connectivity index (χ3v) is 4.94. The van der Waals surface area contributed by atoms with Gasteiger partial charge in [0.1, 0.15) is 0 Å². The van der Waals surface area contributed by atoms with E-state index in [2.05, 4.69) is 9.97 Å². The monoisotopic (exact) mass is 301 g/mol. The van der Waals surface area contributed by atoms with Gasteiger partial charge in [-0.05, 0) is 29.7 Å². The summed E-state index contributed by atoms with van der Waals surface area (Å²) in [5, 5.41) is 1.18. The molecule has 3 rings (SSSR count). The van der Waals surface area contributed by atoms with E-state index in [1.165, 1.54) is 21.4 Å². The smallest absolute Gasteiger partial charge is 0.236 e. The first-order chi connectivity index (χ1) is 10.1. The van der Waals surface area contributed by atoms with Gasteiger partial charge in [0.25, 0.3) is 0 Å². The molecule has 1 aliphatic rings. The molecular formula is C15H15N3O2S. The van der Waals surface area contributed by atoms with Crippen LogP contribution >= 0.6 is 0 Å². The summed E-state index contributed by atoms with van der Waals surface area (Å²) in [6, 6.07) is 9.62. The van der Waals surface area contributed by atoms with Gasteiger partial charge in [0.05, 0.1) is 0 Å². The standard InChI is InChI=1S/C15H15N3O2S/c19-21(20,11-7-15-16-8-3-9-17-15)18-10-6-13-4-1-2-5-14(13)12-18/h1-5,7-9,11H,6,10,12H2. The minimum absolute atomic E-state index is 0.387. The van der Waals surface area contributed by atoms with Crippen molar-refractivity contribution in [2.45, 2.75) is 13.0 Å². The Morgan fingerprint density at radius 3 is 2.52 bits per heavy atom. The van der Waals surface area contributed by atoms with Crippen LogP contribution in [-0.2, 0) is 23.0 Å². The maximum absolute atomic E-state index is 12.4. The van der Waals surface area contributed by atoms with Crippen molar-refractivity contribution in [3.8, 4) is 0 Å². The largest absolute Gasteiger partial charge is 0.237 e. The van der Waals surface area contributed by atoms with Gasteiger partial charge in [-0.3, -0.25) is 0 Å². The SMILES string of the molecule is O=S(=O)(C=Cc1ncccn1)N1CCc2ccccc2C1. The first-order valence-corrected chi connectivity index (χ1v) is 8.17. The van der Waals surface area contributed by atoms with Crippen LogP contribution in [-0.4, -0.2) is 29.2 Å². The average Bonchev–Trinajstić information content (AvgIpc) is 2.53. The van der Waals surface area contributed by atoms with Gasteiger partial charge in [-0.15, -0.1) is 0 Å². The fourth-order valence-corrected chi connectivity index (χ4v) is 3.45. The van der Waals surface area contributed by atoms with Crippen LogP contribution in [0.25, 0.3) is 6.08 Å². The highest BCUT2D eigenvalue weighted by molar-refractivity contribution is 7.92. The molecule has 0 bridgehead atoms. The molecule has 5 nitrogen and oxygen atoms in total. The van der Waals surface area contributed by atoms with E-state index in [9.17, 15) is 8.42 Å². The summed E-state index contributed by atoms with van der Waals surface area (Å²) in [7, 11) is -3.45. The van der Waals surface area contributed by atoms with Crippen molar-refractivity contribution in [1.29, 1.82) is 0 Å². The molecule has 1 aromatic heterocycles. The van der Waals surface area contributed by atoms with Crippen LogP contribution in [0.15, 0.2) is 48.1 Å². The minimum atomic E-state index is -3.45. The Morgan fingerprint density at radius 1 is 1.05 bits per heavy atom. The molecule has 0 radical (unpaired) electrons. The third kappa shape index (κ3) is 3.17. The van der Waals surface area contributed by atoms with E-state index < -0.39 is 10.0 Å². The Kier molecular flexibility index (Phi) is 3.81. The molecule has 0 unspecified atom stereocenters. The zero-order valence-corrected chi connectivity index (χ0v) is 12.2. The first-order valence-electron chi connectivity index (χ1n) is 6.67. The lowest BCUT2D eigenvalue weighted by molar-refractivity contribution is 0.397. The van der Waals surface area contributed by atoms with Crippen molar-refractivity contribution >= 4 is 16.1 Å². The van der Waals surface area contributed by atoms with E-state index in [0.29, 0.717) is 18.9 Å². The molecule has 0 saturated heterocycles. The van der Waals surface area contributed by atoms with Crippen LogP contribution < -0.4 is 0 Å². The van der Waals surface area contributed by atoms with Gasteiger partial charge in [0.2, 0.25) is 10.0 Å². The van der Waals surface area contributed by atoms with Crippen LogP contribution in [0.1, 0.15) is 17.0 Å². The zero-order chi connectivity index (χ0) is 14.7. The van der Waals surface area contributed by atoms with Gasteiger partial charge in [-0.2, -0.15) is 4.31 Å². The average molecular weight is 301 g/mol. The molecule has 1 aromatic carbocycles. The Hall–Kier alpha value is -2.05. The lowest BCUT2D eigenvalue weighted by atomic mass is 10.0. The van der Waals surface area contributed by atoms with E-state index in [4.69, 9.17) is 0 Å². The number of nitrogens with zero attached hydrogens (tertiary/aromatic N) is 3. The van der Waals surface area contributed by atoms with Crippen LogP contribution in [0.3, 0.4) is 0 Å². The number of aromatic nitrogens is 2. The number of sulfonamides is 1. The second-order valence-electron chi connectivity index (χ2n) is 4.81. The Bertz CT molecular complexity index is 757. The minimum Gasteiger partial charge on any atom is -0.237 e. The molecule has 1 aliphatic heterocycles. The Morgan fingerprint density at radius 2 is 1.76 bits per heavy atom. The maximum Gasteiger partial charge on any atom is 0.236 e. The highest BCUT2D eigenvalue weighted by Gasteiger charge is 2.24. The van der Waals surface area contributed by atoms with Gasteiger partial charge in [0.15, 0.2) is 5.82 Å². The van der Waals surface area contributed by atoms with Crippen molar-refractivity contribution in [1.82, 2.24) is 14.3 Å². The van der Waals surface area contributed by atoms with Crippen molar-refractivity contribution in [2.24, 2.45) is 0 Å². The van der Waals surface area contributed by atoms with Gasteiger partial charge in [-0.25, -0.2) is 18.4 Å². The fourth-order valence-electron chi connectivity index (χ4n) is 2.32. The molecule has 0 aliphatic carbocycles. The molecule has 108 valence electrons. The number of benzene rings is 1. The zero-order valence-electron chi connectivity index (χ0n) is 11.4. The molecule has 0 amide bonds. The molecule has 2 aromatic rings. The van der Waals surface area contributed by atoms with Crippen LogP contribution in [0, 0.1) is 0 Å². The molecule has 0 fully saturated rings. The van der Waals surface area contributed by atoms with Crippen molar-refractivity contribution in [3.05, 3.63) is 65.1 Å². The van der Waals surface area contributed by atoms with Crippen LogP contribution in [0.4, 0.5) is 0 Å². The highest BCUT2D eigenvalue weighted by Crippen LogP contribution is 2.21. The van der Waals surface area contributed by atoms with Gasteiger partial charge in [0, 0.05) is 30.9 Å². The van der Waals surface area contributed by atoms with Gasteiger partial charge >= 0.3 is 0 Å². The maximum atomic E-state index is 12.4. The predicted molar refractivity (Wildman–Crippen MR) is 80.5 cm³/mol. The Labute approximate surface area is 124 Å². The van der Waals surface area contributed by atoms with Gasteiger partial charge in [-0.1, -0.05) is 24.3 Å². The number of fused-ring (bicyclic) bond motifs is 1.